The summed E-state index contributed by atoms with van der Waals surface area (Å²) in [4.78, 5) is 35.1. The number of ether oxygens (including phenoxy) is 1. The van der Waals surface area contributed by atoms with E-state index in [1.807, 2.05) is 6.92 Å². The summed E-state index contributed by atoms with van der Waals surface area (Å²) in [5.74, 6) is -1.01. The summed E-state index contributed by atoms with van der Waals surface area (Å²) >= 11 is 0. The highest BCUT2D eigenvalue weighted by atomic mass is 32.2. The molecule has 1 atom stereocenters. The van der Waals surface area contributed by atoms with E-state index < -0.39 is 16.8 Å². The third kappa shape index (κ3) is 4.83. The Hall–Kier alpha value is -3.92. The zero-order valence-electron chi connectivity index (χ0n) is 19.6. The average molecular weight is 495 g/mol. The van der Waals surface area contributed by atoms with Crippen molar-refractivity contribution < 1.29 is 22.9 Å². The quantitative estimate of drug-likeness (QED) is 0.381. The second-order valence-electron chi connectivity index (χ2n) is 8.04. The molecule has 0 aliphatic heterocycles. The summed E-state index contributed by atoms with van der Waals surface area (Å²) in [6.07, 6.45) is 6.27. The molecule has 0 aliphatic rings. The maximum absolute atomic E-state index is 14.3. The fourth-order valence-corrected chi connectivity index (χ4v) is 4.45. The fraction of sp³-hybridized carbons (Fsp3) is 0.200. The van der Waals surface area contributed by atoms with E-state index >= 15 is 0 Å². The van der Waals surface area contributed by atoms with Crippen LogP contribution >= 0.6 is 0 Å². The maximum atomic E-state index is 14.3. The van der Waals surface area contributed by atoms with Crippen LogP contribution in [0.5, 0.6) is 0 Å². The van der Waals surface area contributed by atoms with Crippen molar-refractivity contribution in [2.75, 3.05) is 27.0 Å². The number of esters is 1. The predicted octanol–water partition coefficient (Wildman–Crippen LogP) is 3.52. The lowest BCUT2D eigenvalue weighted by Gasteiger charge is -2.16. The molecule has 10 heteroatoms. The lowest BCUT2D eigenvalue weighted by Crippen LogP contribution is -2.32. The summed E-state index contributed by atoms with van der Waals surface area (Å²) in [5.41, 5.74) is 2.72. The number of aryl methyl sites for hydroxylation is 1. The minimum absolute atomic E-state index is 0.196. The molecular weight excluding hydrogens is 471 g/mol. The van der Waals surface area contributed by atoms with Gasteiger partial charge in [-0.3, -0.25) is 18.4 Å². The largest absolute Gasteiger partial charge is 0.468 e. The Labute approximate surface area is 203 Å². The van der Waals surface area contributed by atoms with Gasteiger partial charge in [-0.2, -0.15) is 0 Å². The Morgan fingerprint density at radius 1 is 1.14 bits per heavy atom. The summed E-state index contributed by atoms with van der Waals surface area (Å²) in [7, 11) is 1.44. The molecule has 4 aromatic rings. The number of carbonyl (C=O) groups excluding carboxylic acids is 2. The van der Waals surface area contributed by atoms with Crippen LogP contribution in [0.2, 0.25) is 0 Å². The summed E-state index contributed by atoms with van der Waals surface area (Å²) in [5, 5.41) is 0.676. The van der Waals surface area contributed by atoms with Gasteiger partial charge in [0.05, 0.1) is 28.3 Å². The molecule has 2 aromatic heterocycles. The molecule has 0 spiro atoms. The monoisotopic (exact) mass is 494 g/mol. The number of aromatic nitrogens is 3. The van der Waals surface area contributed by atoms with Crippen LogP contribution in [0, 0.1) is 12.7 Å². The van der Waals surface area contributed by atoms with E-state index in [-0.39, 0.29) is 24.2 Å². The van der Waals surface area contributed by atoms with Crippen molar-refractivity contribution in [2.24, 2.45) is 0 Å². The smallest absolute Gasteiger partial charge is 0.325 e. The van der Waals surface area contributed by atoms with Gasteiger partial charge in [0.1, 0.15) is 12.4 Å². The molecule has 4 rings (SSSR count). The number of methoxy groups -OCH3 is 1. The Balaban J connectivity index is 1.77. The summed E-state index contributed by atoms with van der Waals surface area (Å²) in [6.45, 7) is 1.68. The molecular formula is C25H23FN4O4S. The van der Waals surface area contributed by atoms with Crippen LogP contribution in [0.15, 0.2) is 59.9 Å². The highest BCUT2D eigenvalue weighted by Gasteiger charge is 2.20. The molecule has 1 unspecified atom stereocenters. The van der Waals surface area contributed by atoms with Gasteiger partial charge >= 0.3 is 5.97 Å². The molecule has 8 nitrogen and oxygen atoms in total. The van der Waals surface area contributed by atoms with Crippen LogP contribution in [-0.4, -0.2) is 62.5 Å². The number of hydrogen-bond donors (Lipinski definition) is 0. The van der Waals surface area contributed by atoms with Gasteiger partial charge in [0.25, 0.3) is 5.91 Å². The molecule has 2 aromatic carbocycles. The zero-order valence-corrected chi connectivity index (χ0v) is 20.4. The van der Waals surface area contributed by atoms with Crippen molar-refractivity contribution in [1.82, 2.24) is 19.4 Å². The highest BCUT2D eigenvalue weighted by molar-refractivity contribution is 7.84. The molecule has 180 valence electrons. The lowest BCUT2D eigenvalue weighted by atomic mass is 10.1. The van der Waals surface area contributed by atoms with Crippen LogP contribution in [0.3, 0.4) is 0 Å². The van der Waals surface area contributed by atoms with Gasteiger partial charge in [-0.25, -0.2) is 14.4 Å². The Bertz CT molecular complexity index is 1470. The van der Waals surface area contributed by atoms with Crippen molar-refractivity contribution in [3.05, 3.63) is 71.9 Å². The summed E-state index contributed by atoms with van der Waals surface area (Å²) < 4.78 is 33.0. The topological polar surface area (TPSA) is 94.4 Å². The third-order valence-corrected chi connectivity index (χ3v) is 6.50. The number of hydrogen-bond acceptors (Lipinski definition) is 6. The van der Waals surface area contributed by atoms with Gasteiger partial charge in [-0.15, -0.1) is 0 Å². The van der Waals surface area contributed by atoms with Crippen molar-refractivity contribution in [1.29, 1.82) is 0 Å². The standard InChI is InChI=1S/C25H23FN4O4S/c1-15-5-8-20(26)19(9-15)17-11-27-25(28-12-17)30-13-22(35(4)33)18-7-6-16(10-21(18)30)24(32)29(2)14-23(31)34-3/h5-13H,14H2,1-4H3. The van der Waals surface area contributed by atoms with E-state index in [2.05, 4.69) is 14.7 Å². The third-order valence-electron chi connectivity index (χ3n) is 5.55. The van der Waals surface area contributed by atoms with Crippen molar-refractivity contribution >= 4 is 33.6 Å². The SMILES string of the molecule is COC(=O)CN(C)C(=O)c1ccc2c(S(C)=O)cn(-c3ncc(-c4cc(C)ccc4F)cn3)c2c1. The molecule has 0 aliphatic carbocycles. The second kappa shape index (κ2) is 9.75. The fourth-order valence-electron chi connectivity index (χ4n) is 3.72. The molecule has 0 radical (unpaired) electrons. The molecule has 0 saturated carbocycles. The van der Waals surface area contributed by atoms with Crippen LogP contribution in [0.25, 0.3) is 28.0 Å². The van der Waals surface area contributed by atoms with Crippen LogP contribution < -0.4 is 0 Å². The number of likely N-dealkylation sites (N-methyl/N-ethyl adjacent to an activating group) is 1. The minimum Gasteiger partial charge on any atom is -0.468 e. The number of halogens is 1. The minimum atomic E-state index is -1.31. The molecule has 0 fully saturated rings. The molecule has 0 saturated heterocycles. The number of rotatable bonds is 6. The van der Waals surface area contributed by atoms with Gasteiger partial charge < -0.3 is 9.64 Å². The van der Waals surface area contributed by atoms with Crippen molar-refractivity contribution in [3.63, 3.8) is 0 Å². The maximum Gasteiger partial charge on any atom is 0.325 e. The van der Waals surface area contributed by atoms with Gasteiger partial charge in [0, 0.05) is 54.0 Å². The molecule has 2 heterocycles. The molecule has 0 bridgehead atoms. The van der Waals surface area contributed by atoms with Crippen LogP contribution in [-0.2, 0) is 20.3 Å². The van der Waals surface area contributed by atoms with Gasteiger partial charge in [-0.1, -0.05) is 17.7 Å². The Kier molecular flexibility index (Phi) is 6.74. The van der Waals surface area contributed by atoms with E-state index in [1.165, 1.54) is 37.5 Å². The first-order chi connectivity index (χ1) is 16.7. The first kappa shape index (κ1) is 24.2. The normalized spacial score (nSPS) is 11.9. The van der Waals surface area contributed by atoms with Crippen molar-refractivity contribution in [3.8, 4) is 17.1 Å². The van der Waals surface area contributed by atoms with Gasteiger partial charge in [-0.05, 0) is 31.2 Å². The van der Waals surface area contributed by atoms with Gasteiger partial charge in [0.15, 0.2) is 0 Å². The predicted molar refractivity (Wildman–Crippen MR) is 130 cm³/mol. The average Bonchev–Trinajstić information content (AvgIpc) is 3.24. The number of benzene rings is 2. The Morgan fingerprint density at radius 2 is 1.86 bits per heavy atom. The van der Waals surface area contributed by atoms with E-state index in [1.54, 1.807) is 47.4 Å². The first-order valence-electron chi connectivity index (χ1n) is 10.6. The number of carbonyl (C=O) groups is 2. The summed E-state index contributed by atoms with van der Waals surface area (Å²) in [6, 6.07) is 9.77. The van der Waals surface area contributed by atoms with E-state index in [9.17, 15) is 18.2 Å². The van der Waals surface area contributed by atoms with Crippen molar-refractivity contribution in [2.45, 2.75) is 11.8 Å². The lowest BCUT2D eigenvalue weighted by molar-refractivity contribution is -0.141. The second-order valence-corrected chi connectivity index (χ2v) is 9.39. The van der Waals surface area contributed by atoms with E-state index in [0.717, 1.165) is 5.56 Å². The molecule has 0 N–H and O–H groups in total. The van der Waals surface area contributed by atoms with E-state index in [0.29, 0.717) is 32.5 Å². The first-order valence-corrected chi connectivity index (χ1v) is 12.1. The van der Waals surface area contributed by atoms with Crippen LogP contribution in [0.1, 0.15) is 15.9 Å². The number of nitrogens with zero attached hydrogens (tertiary/aromatic N) is 4. The molecule has 35 heavy (non-hydrogen) atoms. The number of amides is 1. The van der Waals surface area contributed by atoms with Crippen LogP contribution in [0.4, 0.5) is 4.39 Å². The number of fused-ring (bicyclic) bond motifs is 1. The molecule has 1 amide bonds. The highest BCUT2D eigenvalue weighted by Crippen LogP contribution is 2.28. The Morgan fingerprint density at radius 3 is 2.51 bits per heavy atom. The van der Waals surface area contributed by atoms with E-state index in [4.69, 9.17) is 0 Å². The van der Waals surface area contributed by atoms with Gasteiger partial charge in [0.2, 0.25) is 5.95 Å². The zero-order chi connectivity index (χ0) is 25.3.